The molecule has 1 aliphatic heterocycles. The Bertz CT molecular complexity index is 1040. The van der Waals surface area contributed by atoms with E-state index in [1.807, 2.05) is 20.8 Å². The molecular formula is C19H28N6O5S. The quantitative estimate of drug-likeness (QED) is 0.622. The highest BCUT2D eigenvalue weighted by Crippen LogP contribution is 2.31. The number of aromatic nitrogens is 4. The van der Waals surface area contributed by atoms with Gasteiger partial charge >= 0.3 is 0 Å². The van der Waals surface area contributed by atoms with Gasteiger partial charge in [0.2, 0.25) is 15.9 Å². The molecule has 31 heavy (non-hydrogen) atoms. The summed E-state index contributed by atoms with van der Waals surface area (Å²) in [5.74, 6) is 1.26. The lowest BCUT2D eigenvalue weighted by Gasteiger charge is -2.34. The number of hydrogen-bond donors (Lipinski definition) is 0. The molecule has 2 aromatic rings. The zero-order chi connectivity index (χ0) is 22.8. The van der Waals surface area contributed by atoms with Crippen LogP contribution in [0.3, 0.4) is 0 Å². The summed E-state index contributed by atoms with van der Waals surface area (Å²) in [7, 11) is -0.782. The maximum Gasteiger partial charge on any atom is 0.244 e. The second kappa shape index (κ2) is 8.79. The highest BCUT2D eigenvalue weighted by Gasteiger charge is 2.31. The van der Waals surface area contributed by atoms with Crippen LogP contribution in [0.15, 0.2) is 23.1 Å². The summed E-state index contributed by atoms with van der Waals surface area (Å²) >= 11 is 0. The third-order valence-corrected chi connectivity index (χ3v) is 6.97. The number of methoxy groups -OCH3 is 2. The molecule has 1 fully saturated rings. The number of piperazine rings is 1. The molecule has 0 bridgehead atoms. The molecule has 11 nitrogen and oxygen atoms in total. The number of nitrogens with zero attached hydrogens (tertiary/aromatic N) is 6. The number of carbonyl (C=O) groups is 1. The van der Waals surface area contributed by atoms with E-state index < -0.39 is 10.0 Å². The van der Waals surface area contributed by atoms with E-state index >= 15 is 0 Å². The van der Waals surface area contributed by atoms with Crippen LogP contribution in [0.2, 0.25) is 0 Å². The fourth-order valence-corrected chi connectivity index (χ4v) is 4.82. The van der Waals surface area contributed by atoms with E-state index in [0.717, 1.165) is 0 Å². The standard InChI is InChI=1S/C19H28N6O5S/c1-19(2,3)18-20-21-22-25(18)13-17(26)23-8-10-24(11-9-23)31(27,28)14-6-7-15(29-4)16(12-14)30-5/h6-7,12H,8-11,13H2,1-5H3. The van der Waals surface area contributed by atoms with Gasteiger partial charge in [-0.05, 0) is 22.6 Å². The molecule has 0 saturated carbocycles. The van der Waals surface area contributed by atoms with Crippen molar-refractivity contribution in [2.45, 2.75) is 37.6 Å². The molecule has 1 aromatic carbocycles. The van der Waals surface area contributed by atoms with Crippen molar-refractivity contribution in [3.8, 4) is 11.5 Å². The average molecular weight is 453 g/mol. The Morgan fingerprint density at radius 2 is 1.71 bits per heavy atom. The molecule has 170 valence electrons. The number of rotatable bonds is 6. The van der Waals surface area contributed by atoms with Gasteiger partial charge in [0.15, 0.2) is 17.3 Å². The summed E-state index contributed by atoms with van der Waals surface area (Å²) < 4.78 is 39.3. The molecular weight excluding hydrogens is 424 g/mol. The highest BCUT2D eigenvalue weighted by atomic mass is 32.2. The van der Waals surface area contributed by atoms with Crippen LogP contribution >= 0.6 is 0 Å². The third kappa shape index (κ3) is 4.79. The molecule has 3 rings (SSSR count). The zero-order valence-electron chi connectivity index (χ0n) is 18.4. The predicted molar refractivity (Wildman–Crippen MR) is 111 cm³/mol. The topological polar surface area (TPSA) is 120 Å². The van der Waals surface area contributed by atoms with Gasteiger partial charge in [-0.25, -0.2) is 13.1 Å². The minimum atomic E-state index is -3.72. The van der Waals surface area contributed by atoms with Crippen LogP contribution in [0.1, 0.15) is 26.6 Å². The van der Waals surface area contributed by atoms with Gasteiger partial charge in [0, 0.05) is 37.7 Å². The van der Waals surface area contributed by atoms with E-state index in [4.69, 9.17) is 9.47 Å². The normalized spacial score (nSPS) is 15.7. The summed E-state index contributed by atoms with van der Waals surface area (Å²) in [6.45, 7) is 6.90. The Hall–Kier alpha value is -2.73. The lowest BCUT2D eigenvalue weighted by molar-refractivity contribution is -0.133. The fraction of sp³-hybridized carbons (Fsp3) is 0.579. The van der Waals surface area contributed by atoms with E-state index in [1.165, 1.54) is 35.3 Å². The van der Waals surface area contributed by atoms with Crippen molar-refractivity contribution >= 4 is 15.9 Å². The Morgan fingerprint density at radius 3 is 2.29 bits per heavy atom. The zero-order valence-corrected chi connectivity index (χ0v) is 19.2. The molecule has 0 aliphatic carbocycles. The van der Waals surface area contributed by atoms with Crippen molar-refractivity contribution in [3.63, 3.8) is 0 Å². The molecule has 1 aromatic heterocycles. The van der Waals surface area contributed by atoms with E-state index in [2.05, 4.69) is 15.5 Å². The highest BCUT2D eigenvalue weighted by molar-refractivity contribution is 7.89. The van der Waals surface area contributed by atoms with Crippen molar-refractivity contribution in [3.05, 3.63) is 24.0 Å². The second-order valence-electron chi connectivity index (χ2n) is 8.21. The summed E-state index contributed by atoms with van der Waals surface area (Å²) in [4.78, 5) is 14.5. The second-order valence-corrected chi connectivity index (χ2v) is 10.1. The lowest BCUT2D eigenvalue weighted by Crippen LogP contribution is -2.51. The van der Waals surface area contributed by atoms with Gasteiger partial charge in [-0.1, -0.05) is 20.8 Å². The summed E-state index contributed by atoms with van der Waals surface area (Å²) in [6, 6.07) is 4.49. The van der Waals surface area contributed by atoms with Crippen LogP contribution in [0, 0.1) is 0 Å². The Labute approximate surface area is 182 Å². The van der Waals surface area contributed by atoms with E-state index in [9.17, 15) is 13.2 Å². The number of tetrazole rings is 1. The maximum atomic E-state index is 13.0. The molecule has 12 heteroatoms. The third-order valence-electron chi connectivity index (χ3n) is 5.07. The van der Waals surface area contributed by atoms with Crippen molar-refractivity contribution in [1.82, 2.24) is 29.4 Å². The van der Waals surface area contributed by atoms with Gasteiger partial charge < -0.3 is 14.4 Å². The summed E-state index contributed by atoms with van der Waals surface area (Å²) in [6.07, 6.45) is 0. The van der Waals surface area contributed by atoms with Crippen LogP contribution in [0.25, 0.3) is 0 Å². The van der Waals surface area contributed by atoms with Gasteiger partial charge in [0.1, 0.15) is 6.54 Å². The number of hydrogen-bond acceptors (Lipinski definition) is 8. The number of carbonyl (C=O) groups excluding carboxylic acids is 1. The first-order valence-electron chi connectivity index (χ1n) is 9.84. The minimum Gasteiger partial charge on any atom is -0.493 e. The molecule has 2 heterocycles. The molecule has 0 N–H and O–H groups in total. The van der Waals surface area contributed by atoms with Crippen molar-refractivity contribution in [1.29, 1.82) is 0 Å². The van der Waals surface area contributed by atoms with E-state index in [-0.39, 0.29) is 35.9 Å². The average Bonchev–Trinajstić information content (AvgIpc) is 3.22. The van der Waals surface area contributed by atoms with Crippen molar-refractivity contribution in [2.75, 3.05) is 40.4 Å². The van der Waals surface area contributed by atoms with Crippen molar-refractivity contribution < 1.29 is 22.7 Å². The van der Waals surface area contributed by atoms with Crippen molar-refractivity contribution in [2.24, 2.45) is 0 Å². The molecule has 1 amide bonds. The molecule has 1 saturated heterocycles. The van der Waals surface area contributed by atoms with Crippen LogP contribution < -0.4 is 9.47 Å². The van der Waals surface area contributed by atoms with Gasteiger partial charge in [-0.3, -0.25) is 4.79 Å². The first-order chi connectivity index (χ1) is 14.6. The first kappa shape index (κ1) is 22.9. The maximum absolute atomic E-state index is 13.0. The van der Waals surface area contributed by atoms with Gasteiger partial charge in [-0.2, -0.15) is 4.31 Å². The number of sulfonamides is 1. The summed E-state index contributed by atoms with van der Waals surface area (Å²) in [5, 5.41) is 11.6. The van der Waals surface area contributed by atoms with Crippen LogP contribution in [0.5, 0.6) is 11.5 Å². The Balaban J connectivity index is 1.66. The Kier molecular flexibility index (Phi) is 6.51. The Morgan fingerprint density at radius 1 is 1.06 bits per heavy atom. The number of amides is 1. The summed E-state index contributed by atoms with van der Waals surface area (Å²) in [5.41, 5.74) is -0.296. The number of benzene rings is 1. The smallest absolute Gasteiger partial charge is 0.244 e. The molecule has 1 aliphatic rings. The first-order valence-corrected chi connectivity index (χ1v) is 11.3. The van der Waals surface area contributed by atoms with Crippen LogP contribution in [-0.2, 0) is 26.8 Å². The largest absolute Gasteiger partial charge is 0.493 e. The minimum absolute atomic E-state index is 0.0159. The predicted octanol–water partition coefficient (Wildman–Crippen LogP) is 0.521. The molecule has 0 atom stereocenters. The van der Waals surface area contributed by atoms with E-state index in [1.54, 1.807) is 11.0 Å². The van der Waals surface area contributed by atoms with Crippen LogP contribution in [-0.4, -0.2) is 84.1 Å². The van der Waals surface area contributed by atoms with E-state index in [0.29, 0.717) is 30.4 Å². The van der Waals surface area contributed by atoms with Gasteiger partial charge in [0.25, 0.3) is 0 Å². The van der Waals surface area contributed by atoms with Gasteiger partial charge in [0.05, 0.1) is 19.1 Å². The molecule has 0 unspecified atom stereocenters. The lowest BCUT2D eigenvalue weighted by atomic mass is 9.96. The SMILES string of the molecule is COc1ccc(S(=O)(=O)N2CCN(C(=O)Cn3nnnc3C(C)(C)C)CC2)cc1OC. The van der Waals surface area contributed by atoms with Gasteiger partial charge in [-0.15, -0.1) is 5.10 Å². The van der Waals surface area contributed by atoms with Crippen LogP contribution in [0.4, 0.5) is 0 Å². The monoisotopic (exact) mass is 452 g/mol. The molecule has 0 radical (unpaired) electrons. The molecule has 0 spiro atoms. The number of ether oxygens (including phenoxy) is 2. The fourth-order valence-electron chi connectivity index (χ4n) is 3.38.